The third-order valence-electron chi connectivity index (χ3n) is 2.53. The molecule has 0 saturated heterocycles. The molecule has 0 unspecified atom stereocenters. The largest absolute Gasteiger partial charge is 0.370 e. The van der Waals surface area contributed by atoms with Crippen LogP contribution in [-0.4, -0.2) is 26.5 Å². The maximum atomic E-state index is 4.30. The van der Waals surface area contributed by atoms with E-state index in [0.717, 1.165) is 34.9 Å². The average molecular weight is 275 g/mol. The number of aryl methyl sites for hydroxylation is 1. The topological polar surface area (TPSA) is 63.6 Å². The van der Waals surface area contributed by atoms with E-state index in [2.05, 4.69) is 32.2 Å². The van der Waals surface area contributed by atoms with Crippen LogP contribution in [0.1, 0.15) is 24.5 Å². The second-order valence-corrected chi connectivity index (χ2v) is 5.18. The minimum Gasteiger partial charge on any atom is -0.370 e. The Morgan fingerprint density at radius 3 is 2.53 bits per heavy atom. The molecule has 0 fully saturated rings. The Bertz CT molecular complexity index is 541. The summed E-state index contributed by atoms with van der Waals surface area (Å²) >= 11 is 1.46. The molecule has 0 aliphatic rings. The van der Waals surface area contributed by atoms with Crippen LogP contribution in [0, 0.1) is 13.8 Å². The van der Waals surface area contributed by atoms with Crippen molar-refractivity contribution >= 4 is 17.6 Å². The standard InChI is InChI=1S/C13H17N5S/c1-4-5-14-11-10(3)12(18-8-17-11)19-13-15-6-9(2)7-16-13/h6-8H,4-5H2,1-3H3,(H,14,17,18). The lowest BCUT2D eigenvalue weighted by Crippen LogP contribution is -2.05. The summed E-state index contributed by atoms with van der Waals surface area (Å²) in [6, 6.07) is 0. The molecule has 100 valence electrons. The van der Waals surface area contributed by atoms with Crippen LogP contribution in [0.4, 0.5) is 5.82 Å². The summed E-state index contributed by atoms with van der Waals surface area (Å²) in [5.41, 5.74) is 2.08. The summed E-state index contributed by atoms with van der Waals surface area (Å²) in [5, 5.41) is 4.88. The van der Waals surface area contributed by atoms with Crippen molar-refractivity contribution in [1.82, 2.24) is 19.9 Å². The Kier molecular flexibility index (Phi) is 4.68. The molecular weight excluding hydrogens is 258 g/mol. The van der Waals surface area contributed by atoms with E-state index in [1.165, 1.54) is 11.8 Å². The van der Waals surface area contributed by atoms with Gasteiger partial charge in [0, 0.05) is 24.5 Å². The molecule has 0 aromatic carbocycles. The van der Waals surface area contributed by atoms with E-state index in [0.29, 0.717) is 5.16 Å². The highest BCUT2D eigenvalue weighted by Gasteiger charge is 2.09. The van der Waals surface area contributed by atoms with Gasteiger partial charge in [-0.1, -0.05) is 6.92 Å². The summed E-state index contributed by atoms with van der Waals surface area (Å²) < 4.78 is 0. The fourth-order valence-corrected chi connectivity index (χ4v) is 2.21. The molecule has 6 heteroatoms. The van der Waals surface area contributed by atoms with Crippen molar-refractivity contribution in [1.29, 1.82) is 0 Å². The van der Waals surface area contributed by atoms with E-state index in [9.17, 15) is 0 Å². The number of hydrogen-bond acceptors (Lipinski definition) is 6. The number of anilines is 1. The lowest BCUT2D eigenvalue weighted by molar-refractivity contribution is 0.922. The Morgan fingerprint density at radius 1 is 1.11 bits per heavy atom. The molecular formula is C13H17N5S. The summed E-state index contributed by atoms with van der Waals surface area (Å²) in [7, 11) is 0. The second kappa shape index (κ2) is 6.47. The van der Waals surface area contributed by atoms with Crippen molar-refractivity contribution in [2.75, 3.05) is 11.9 Å². The monoisotopic (exact) mass is 275 g/mol. The Labute approximate surface area is 117 Å². The summed E-state index contributed by atoms with van der Waals surface area (Å²) in [4.78, 5) is 17.1. The van der Waals surface area contributed by atoms with Crippen molar-refractivity contribution in [2.45, 2.75) is 37.4 Å². The van der Waals surface area contributed by atoms with Crippen molar-refractivity contribution in [3.63, 3.8) is 0 Å². The minimum absolute atomic E-state index is 0.703. The van der Waals surface area contributed by atoms with E-state index in [1.54, 1.807) is 6.33 Å². The van der Waals surface area contributed by atoms with Crippen LogP contribution < -0.4 is 5.32 Å². The zero-order valence-electron chi connectivity index (χ0n) is 11.3. The number of hydrogen-bond donors (Lipinski definition) is 1. The average Bonchev–Trinajstić information content (AvgIpc) is 2.42. The molecule has 0 aliphatic carbocycles. The molecule has 0 radical (unpaired) electrons. The molecule has 0 atom stereocenters. The van der Waals surface area contributed by atoms with E-state index >= 15 is 0 Å². The van der Waals surface area contributed by atoms with Gasteiger partial charge in [0.1, 0.15) is 17.2 Å². The van der Waals surface area contributed by atoms with E-state index in [-0.39, 0.29) is 0 Å². The smallest absolute Gasteiger partial charge is 0.193 e. The quantitative estimate of drug-likeness (QED) is 0.668. The van der Waals surface area contributed by atoms with Gasteiger partial charge in [0.05, 0.1) is 0 Å². The highest BCUT2D eigenvalue weighted by atomic mass is 32.2. The van der Waals surface area contributed by atoms with Gasteiger partial charge in [-0.3, -0.25) is 0 Å². The van der Waals surface area contributed by atoms with Crippen LogP contribution in [0.25, 0.3) is 0 Å². The number of nitrogens with zero attached hydrogens (tertiary/aromatic N) is 4. The molecule has 1 N–H and O–H groups in total. The van der Waals surface area contributed by atoms with Crippen LogP contribution in [0.5, 0.6) is 0 Å². The first-order valence-corrected chi connectivity index (χ1v) is 7.04. The normalized spacial score (nSPS) is 10.5. The third kappa shape index (κ3) is 3.64. The third-order valence-corrected chi connectivity index (χ3v) is 3.52. The second-order valence-electron chi connectivity index (χ2n) is 4.22. The van der Waals surface area contributed by atoms with Gasteiger partial charge in [0.25, 0.3) is 0 Å². The number of rotatable bonds is 5. The molecule has 0 spiro atoms. The van der Waals surface area contributed by atoms with Crippen LogP contribution in [0.3, 0.4) is 0 Å². The lowest BCUT2D eigenvalue weighted by Gasteiger charge is -2.09. The molecule has 0 bridgehead atoms. The van der Waals surface area contributed by atoms with Gasteiger partial charge < -0.3 is 5.32 Å². The van der Waals surface area contributed by atoms with Gasteiger partial charge in [0.15, 0.2) is 5.16 Å². The Hall–Kier alpha value is -1.69. The van der Waals surface area contributed by atoms with Crippen LogP contribution >= 0.6 is 11.8 Å². The van der Waals surface area contributed by atoms with Crippen molar-refractivity contribution in [3.05, 3.63) is 29.8 Å². The van der Waals surface area contributed by atoms with Gasteiger partial charge >= 0.3 is 0 Å². The van der Waals surface area contributed by atoms with Crippen molar-refractivity contribution in [3.8, 4) is 0 Å². The fraction of sp³-hybridized carbons (Fsp3) is 0.385. The molecule has 2 aromatic rings. The first kappa shape index (κ1) is 13.7. The summed E-state index contributed by atoms with van der Waals surface area (Å²) in [5.74, 6) is 0.881. The number of aromatic nitrogens is 4. The van der Waals surface area contributed by atoms with Gasteiger partial charge in [0.2, 0.25) is 0 Å². The zero-order chi connectivity index (χ0) is 13.7. The van der Waals surface area contributed by atoms with E-state index in [1.807, 2.05) is 26.2 Å². The predicted molar refractivity (Wildman–Crippen MR) is 76.4 cm³/mol. The molecule has 19 heavy (non-hydrogen) atoms. The number of nitrogens with one attached hydrogen (secondary N) is 1. The van der Waals surface area contributed by atoms with Crippen LogP contribution in [0.2, 0.25) is 0 Å². The maximum absolute atomic E-state index is 4.30. The minimum atomic E-state index is 0.703. The zero-order valence-corrected chi connectivity index (χ0v) is 12.2. The molecule has 2 heterocycles. The highest BCUT2D eigenvalue weighted by molar-refractivity contribution is 7.99. The molecule has 2 rings (SSSR count). The first-order chi connectivity index (χ1) is 9.20. The highest BCUT2D eigenvalue weighted by Crippen LogP contribution is 2.27. The van der Waals surface area contributed by atoms with Crippen molar-refractivity contribution < 1.29 is 0 Å². The van der Waals surface area contributed by atoms with Gasteiger partial charge in [-0.2, -0.15) is 0 Å². The van der Waals surface area contributed by atoms with Crippen LogP contribution in [0.15, 0.2) is 28.9 Å². The molecule has 0 aliphatic heterocycles. The lowest BCUT2D eigenvalue weighted by atomic mass is 10.3. The predicted octanol–water partition coefficient (Wildman–Crippen LogP) is 2.86. The van der Waals surface area contributed by atoms with Crippen molar-refractivity contribution in [2.24, 2.45) is 0 Å². The Balaban J connectivity index is 2.18. The maximum Gasteiger partial charge on any atom is 0.193 e. The van der Waals surface area contributed by atoms with Gasteiger partial charge in [-0.25, -0.2) is 19.9 Å². The molecule has 5 nitrogen and oxygen atoms in total. The fourth-order valence-electron chi connectivity index (χ4n) is 1.48. The summed E-state index contributed by atoms with van der Waals surface area (Å²) in [6.45, 7) is 7.01. The molecule has 0 amide bonds. The Morgan fingerprint density at radius 2 is 1.84 bits per heavy atom. The van der Waals surface area contributed by atoms with E-state index < -0.39 is 0 Å². The SMILES string of the molecule is CCCNc1ncnc(Sc2ncc(C)cn2)c1C. The van der Waals surface area contributed by atoms with Gasteiger partial charge in [-0.05, 0) is 37.6 Å². The summed E-state index contributed by atoms with van der Waals surface area (Å²) in [6.07, 6.45) is 6.25. The molecule has 2 aromatic heterocycles. The molecule has 0 saturated carbocycles. The van der Waals surface area contributed by atoms with Crippen LogP contribution in [-0.2, 0) is 0 Å². The van der Waals surface area contributed by atoms with E-state index in [4.69, 9.17) is 0 Å². The van der Waals surface area contributed by atoms with Gasteiger partial charge in [-0.15, -0.1) is 0 Å². The first-order valence-electron chi connectivity index (χ1n) is 6.22.